The van der Waals surface area contributed by atoms with Crippen molar-refractivity contribution in [3.05, 3.63) is 68.2 Å². The molecule has 0 aliphatic carbocycles. The van der Waals surface area contributed by atoms with Crippen LogP contribution in [0.15, 0.2) is 46.4 Å². The molecule has 33 heavy (non-hydrogen) atoms. The summed E-state index contributed by atoms with van der Waals surface area (Å²) in [5.41, 5.74) is 0.616. The molecule has 0 saturated carbocycles. The molecule has 178 valence electrons. The SMILES string of the molecule is Clc1cccc(CNC2=NCCS2)c1Cl.FC(F)(F)c1cccc(CNC2=NCCS2)c1Cl. The molecule has 0 amide bonds. The fourth-order valence-corrected chi connectivity index (χ4v) is 5.00. The van der Waals surface area contributed by atoms with Gasteiger partial charge in [-0.2, -0.15) is 13.2 Å². The van der Waals surface area contributed by atoms with E-state index in [4.69, 9.17) is 34.8 Å². The van der Waals surface area contributed by atoms with Gasteiger partial charge in [-0.3, -0.25) is 9.98 Å². The minimum absolute atomic E-state index is 0.245. The molecular weight excluding hydrogens is 536 g/mol. The summed E-state index contributed by atoms with van der Waals surface area (Å²) in [4.78, 5) is 8.45. The number of nitrogens with one attached hydrogen (secondary N) is 2. The van der Waals surface area contributed by atoms with Gasteiger partial charge in [-0.15, -0.1) is 0 Å². The second-order valence-electron chi connectivity index (χ2n) is 6.77. The molecule has 0 saturated heterocycles. The van der Waals surface area contributed by atoms with Crippen molar-refractivity contribution >= 4 is 68.7 Å². The average molecular weight is 556 g/mol. The smallest absolute Gasteiger partial charge is 0.361 e. The highest BCUT2D eigenvalue weighted by atomic mass is 35.5. The topological polar surface area (TPSA) is 48.8 Å². The fourth-order valence-electron chi connectivity index (χ4n) is 2.85. The first-order valence-electron chi connectivity index (χ1n) is 9.85. The first kappa shape index (κ1) is 26.3. The predicted molar refractivity (Wildman–Crippen MR) is 136 cm³/mol. The Morgan fingerprint density at radius 2 is 1.30 bits per heavy atom. The number of alkyl halides is 3. The summed E-state index contributed by atoms with van der Waals surface area (Å²) in [6.45, 7) is 2.55. The second kappa shape index (κ2) is 12.4. The van der Waals surface area contributed by atoms with Crippen molar-refractivity contribution in [1.82, 2.24) is 10.6 Å². The highest BCUT2D eigenvalue weighted by molar-refractivity contribution is 8.14. The highest BCUT2D eigenvalue weighted by Crippen LogP contribution is 2.36. The first-order valence-corrected chi connectivity index (χ1v) is 13.0. The van der Waals surface area contributed by atoms with Gasteiger partial charge in [0.1, 0.15) is 0 Å². The Labute approximate surface area is 213 Å². The van der Waals surface area contributed by atoms with Crippen molar-refractivity contribution in [1.29, 1.82) is 0 Å². The fraction of sp³-hybridized carbons (Fsp3) is 0.333. The van der Waals surface area contributed by atoms with Crippen LogP contribution in [0.1, 0.15) is 16.7 Å². The summed E-state index contributed by atoms with van der Waals surface area (Å²) < 4.78 is 37.9. The Morgan fingerprint density at radius 1 is 0.788 bits per heavy atom. The van der Waals surface area contributed by atoms with E-state index >= 15 is 0 Å². The van der Waals surface area contributed by atoms with Crippen molar-refractivity contribution in [2.45, 2.75) is 19.3 Å². The van der Waals surface area contributed by atoms with Crippen LogP contribution in [0.25, 0.3) is 0 Å². The molecule has 0 radical (unpaired) electrons. The Balaban J connectivity index is 0.000000189. The van der Waals surface area contributed by atoms with Gasteiger partial charge in [0.15, 0.2) is 10.3 Å². The van der Waals surface area contributed by atoms with E-state index in [0.29, 0.717) is 22.2 Å². The van der Waals surface area contributed by atoms with Gasteiger partial charge in [0.2, 0.25) is 0 Å². The van der Waals surface area contributed by atoms with Gasteiger partial charge in [-0.25, -0.2) is 0 Å². The van der Waals surface area contributed by atoms with E-state index in [1.807, 2.05) is 12.1 Å². The molecule has 2 aliphatic heterocycles. The standard InChI is InChI=1S/C11H10ClF3N2S.C10H10Cl2N2S/c12-9-7(6-17-10-16-4-5-18-10)2-1-3-8(9)11(13,14)15;11-8-3-1-2-7(9(8)12)6-14-10-13-4-5-15-10/h1-3H,4-6H2,(H,16,17);1-3H,4-6H2,(H,13,14). The molecular formula is C21H20Cl3F3N4S2. The molecule has 2 aliphatic rings. The summed E-state index contributed by atoms with van der Waals surface area (Å²) in [5, 5.41) is 8.93. The molecule has 2 aromatic carbocycles. The maximum atomic E-state index is 12.6. The van der Waals surface area contributed by atoms with Crippen LogP contribution in [0.4, 0.5) is 13.2 Å². The van der Waals surface area contributed by atoms with Gasteiger partial charge in [0.05, 0.1) is 33.7 Å². The van der Waals surface area contributed by atoms with Crippen LogP contribution in [-0.4, -0.2) is 34.9 Å². The maximum absolute atomic E-state index is 12.6. The molecule has 4 rings (SSSR count). The summed E-state index contributed by atoms with van der Waals surface area (Å²) in [5.74, 6) is 1.96. The molecule has 0 spiro atoms. The van der Waals surface area contributed by atoms with Gasteiger partial charge in [0, 0.05) is 24.6 Å². The van der Waals surface area contributed by atoms with E-state index in [9.17, 15) is 13.2 Å². The van der Waals surface area contributed by atoms with E-state index in [-0.39, 0.29) is 11.6 Å². The zero-order valence-electron chi connectivity index (χ0n) is 17.2. The number of thioether (sulfide) groups is 2. The zero-order valence-corrected chi connectivity index (χ0v) is 21.1. The molecule has 0 aromatic heterocycles. The lowest BCUT2D eigenvalue weighted by Gasteiger charge is -2.13. The van der Waals surface area contributed by atoms with E-state index < -0.39 is 11.7 Å². The predicted octanol–water partition coefficient (Wildman–Crippen LogP) is 6.74. The number of hydrogen-bond donors (Lipinski definition) is 2. The van der Waals surface area contributed by atoms with Crippen molar-refractivity contribution in [2.24, 2.45) is 9.98 Å². The van der Waals surface area contributed by atoms with Crippen molar-refractivity contribution in [3.63, 3.8) is 0 Å². The molecule has 12 heteroatoms. The monoisotopic (exact) mass is 554 g/mol. The number of halogens is 6. The van der Waals surface area contributed by atoms with Crippen molar-refractivity contribution in [2.75, 3.05) is 24.6 Å². The third-order valence-electron chi connectivity index (χ3n) is 4.45. The largest absolute Gasteiger partial charge is 0.417 e. The number of aliphatic imine (C=N–C) groups is 2. The summed E-state index contributed by atoms with van der Waals surface area (Å²) in [6.07, 6.45) is -4.42. The maximum Gasteiger partial charge on any atom is 0.417 e. The third kappa shape index (κ3) is 7.89. The Kier molecular flexibility index (Phi) is 9.94. The van der Waals surface area contributed by atoms with E-state index in [2.05, 4.69) is 20.6 Å². The van der Waals surface area contributed by atoms with Crippen molar-refractivity contribution in [3.8, 4) is 0 Å². The number of benzene rings is 2. The van der Waals surface area contributed by atoms with Crippen molar-refractivity contribution < 1.29 is 13.2 Å². The summed E-state index contributed by atoms with van der Waals surface area (Å²) in [7, 11) is 0. The average Bonchev–Trinajstić information content (AvgIpc) is 3.48. The van der Waals surface area contributed by atoms with Crippen LogP contribution in [0.5, 0.6) is 0 Å². The lowest BCUT2D eigenvalue weighted by molar-refractivity contribution is -0.137. The van der Waals surface area contributed by atoms with Crippen LogP contribution >= 0.6 is 58.3 Å². The number of rotatable bonds is 4. The molecule has 2 aromatic rings. The third-order valence-corrected chi connectivity index (χ3v) is 7.62. The van der Waals surface area contributed by atoms with Crippen LogP contribution in [0.3, 0.4) is 0 Å². The zero-order chi connectivity index (χ0) is 23.8. The van der Waals surface area contributed by atoms with Gasteiger partial charge in [0.25, 0.3) is 0 Å². The minimum atomic E-state index is -4.42. The minimum Gasteiger partial charge on any atom is -0.361 e. The molecule has 2 heterocycles. The van der Waals surface area contributed by atoms with Gasteiger partial charge >= 0.3 is 6.18 Å². The lowest BCUT2D eigenvalue weighted by Crippen LogP contribution is -2.19. The quantitative estimate of drug-likeness (QED) is 0.439. The normalized spacial score (nSPS) is 15.5. The highest BCUT2D eigenvalue weighted by Gasteiger charge is 2.33. The Hall–Kier alpha value is -1.26. The summed E-state index contributed by atoms with van der Waals surface area (Å²) in [6, 6.07) is 9.55. The number of nitrogens with zero attached hydrogens (tertiary/aromatic N) is 2. The van der Waals surface area contributed by atoms with E-state index in [0.717, 1.165) is 46.6 Å². The summed E-state index contributed by atoms with van der Waals surface area (Å²) >= 11 is 21.0. The Bertz CT molecular complexity index is 1030. The molecule has 2 N–H and O–H groups in total. The van der Waals surface area contributed by atoms with Crippen LogP contribution < -0.4 is 10.6 Å². The van der Waals surface area contributed by atoms with E-state index in [1.54, 1.807) is 35.7 Å². The van der Waals surface area contributed by atoms with E-state index in [1.165, 1.54) is 6.07 Å². The van der Waals surface area contributed by atoms with Crippen LogP contribution in [0.2, 0.25) is 15.1 Å². The molecule has 4 nitrogen and oxygen atoms in total. The molecule has 0 bridgehead atoms. The number of amidine groups is 2. The molecule has 0 atom stereocenters. The van der Waals surface area contributed by atoms with Crippen LogP contribution in [-0.2, 0) is 19.3 Å². The van der Waals surface area contributed by atoms with Gasteiger partial charge < -0.3 is 10.6 Å². The van der Waals surface area contributed by atoms with Gasteiger partial charge in [-0.1, -0.05) is 82.6 Å². The first-order chi connectivity index (χ1) is 15.8. The van der Waals surface area contributed by atoms with Crippen LogP contribution in [0, 0.1) is 0 Å². The number of hydrogen-bond acceptors (Lipinski definition) is 6. The molecule has 0 fully saturated rings. The Morgan fingerprint density at radius 3 is 1.79 bits per heavy atom. The lowest BCUT2D eigenvalue weighted by atomic mass is 10.1. The van der Waals surface area contributed by atoms with Gasteiger partial charge in [-0.05, 0) is 23.3 Å². The molecule has 0 unspecified atom stereocenters. The second-order valence-corrected chi connectivity index (χ2v) is 10.1.